The Kier molecular flexibility index (Phi) is 4.60. The first-order valence-electron chi connectivity index (χ1n) is 4.70. The third kappa shape index (κ3) is 3.13. The summed E-state index contributed by atoms with van der Waals surface area (Å²) in [5, 5.41) is 29.0. The van der Waals surface area contributed by atoms with Gasteiger partial charge in [-0.2, -0.15) is 0 Å². The highest BCUT2D eigenvalue weighted by Gasteiger charge is 2.10. The van der Waals surface area contributed by atoms with Crippen LogP contribution >= 0.6 is 0 Å². The molecule has 0 aromatic heterocycles. The van der Waals surface area contributed by atoms with E-state index in [-0.39, 0.29) is 25.3 Å². The third-order valence-electron chi connectivity index (χ3n) is 2.11. The van der Waals surface area contributed by atoms with Gasteiger partial charge >= 0.3 is 0 Å². The highest BCUT2D eigenvalue weighted by atomic mass is 19.1. The van der Waals surface area contributed by atoms with Crippen LogP contribution in [0.3, 0.4) is 0 Å². The molecular weight excluding hydrogens is 220 g/mol. The quantitative estimate of drug-likeness (QED) is 0.582. The van der Waals surface area contributed by atoms with Gasteiger partial charge in [0.05, 0.1) is 19.3 Å². The minimum absolute atomic E-state index is 0.0832. The molecule has 0 unspecified atom stereocenters. The number of aliphatic hydroxyl groups excluding tert-OH is 2. The zero-order valence-electron chi connectivity index (χ0n) is 8.45. The summed E-state index contributed by atoms with van der Waals surface area (Å²) in [6, 6.07) is 1.42. The van der Waals surface area contributed by atoms with Gasteiger partial charge in [-0.1, -0.05) is 0 Å². The Morgan fingerprint density at radius 1 is 1.12 bits per heavy atom. The molecule has 0 heterocycles. The predicted octanol–water partition coefficient (Wildman–Crippen LogP) is 0.113. The maximum absolute atomic E-state index is 12.9. The van der Waals surface area contributed by atoms with E-state index in [1.165, 1.54) is 0 Å². The second-order valence-electron chi connectivity index (χ2n) is 3.35. The summed E-state index contributed by atoms with van der Waals surface area (Å²) < 4.78 is 25.8. The Labute approximate surface area is 91.2 Å². The van der Waals surface area contributed by atoms with E-state index in [2.05, 4.69) is 5.32 Å². The Morgan fingerprint density at radius 2 is 1.62 bits per heavy atom. The van der Waals surface area contributed by atoms with Gasteiger partial charge in [0.25, 0.3) is 0 Å². The lowest BCUT2D eigenvalue weighted by Crippen LogP contribution is -2.35. The fourth-order valence-electron chi connectivity index (χ4n) is 1.17. The molecule has 0 aliphatic heterocycles. The molecule has 0 bridgehead atoms. The summed E-state index contributed by atoms with van der Waals surface area (Å²) in [5.41, 5.74) is 0.278. The Bertz CT molecular complexity index is 333. The van der Waals surface area contributed by atoms with Crippen LogP contribution in [0.4, 0.5) is 8.78 Å². The number of benzene rings is 1. The van der Waals surface area contributed by atoms with Crippen LogP contribution in [0.2, 0.25) is 0 Å². The summed E-state index contributed by atoms with van der Waals surface area (Å²) in [6.45, 7) is -0.473. The average molecular weight is 233 g/mol. The number of phenols is 1. The lowest BCUT2D eigenvalue weighted by molar-refractivity contribution is 0.170. The molecule has 1 rings (SSSR count). The van der Waals surface area contributed by atoms with Crippen molar-refractivity contribution in [2.75, 3.05) is 13.2 Å². The second-order valence-corrected chi connectivity index (χ2v) is 3.35. The molecule has 1 aromatic rings. The molecule has 0 aliphatic rings. The van der Waals surface area contributed by atoms with Gasteiger partial charge in [-0.3, -0.25) is 0 Å². The minimum Gasteiger partial charge on any atom is -0.503 e. The molecule has 90 valence electrons. The predicted molar refractivity (Wildman–Crippen MR) is 52.8 cm³/mol. The van der Waals surface area contributed by atoms with Crippen LogP contribution < -0.4 is 5.32 Å². The largest absolute Gasteiger partial charge is 0.503 e. The SMILES string of the molecule is OCC(CO)NCc1cc(F)c(O)c(F)c1. The molecule has 1 aromatic carbocycles. The van der Waals surface area contributed by atoms with Gasteiger partial charge in [0, 0.05) is 6.54 Å². The van der Waals surface area contributed by atoms with E-state index < -0.39 is 23.4 Å². The van der Waals surface area contributed by atoms with Crippen molar-refractivity contribution in [2.24, 2.45) is 0 Å². The first-order valence-corrected chi connectivity index (χ1v) is 4.70. The van der Waals surface area contributed by atoms with Crippen molar-refractivity contribution in [1.29, 1.82) is 0 Å². The van der Waals surface area contributed by atoms with Crippen molar-refractivity contribution in [3.63, 3.8) is 0 Å². The number of phenolic OH excluding ortho intramolecular Hbond substituents is 1. The fraction of sp³-hybridized carbons (Fsp3) is 0.400. The molecule has 6 heteroatoms. The van der Waals surface area contributed by atoms with E-state index in [1.54, 1.807) is 0 Å². The number of hydrogen-bond donors (Lipinski definition) is 4. The normalized spacial score (nSPS) is 11.1. The monoisotopic (exact) mass is 233 g/mol. The van der Waals surface area contributed by atoms with Gasteiger partial charge in [0.15, 0.2) is 17.4 Å². The average Bonchev–Trinajstić information content (AvgIpc) is 2.27. The van der Waals surface area contributed by atoms with Crippen molar-refractivity contribution in [3.8, 4) is 5.75 Å². The van der Waals surface area contributed by atoms with Gasteiger partial charge in [-0.05, 0) is 17.7 Å². The first-order chi connectivity index (χ1) is 7.58. The molecular formula is C10H13F2NO3. The van der Waals surface area contributed by atoms with Crippen molar-refractivity contribution in [1.82, 2.24) is 5.32 Å². The van der Waals surface area contributed by atoms with Gasteiger partial charge in [0.2, 0.25) is 0 Å². The van der Waals surface area contributed by atoms with Crippen LogP contribution in [0.5, 0.6) is 5.75 Å². The number of halogens is 2. The number of aromatic hydroxyl groups is 1. The molecule has 0 spiro atoms. The van der Waals surface area contributed by atoms with E-state index >= 15 is 0 Å². The van der Waals surface area contributed by atoms with Crippen molar-refractivity contribution in [3.05, 3.63) is 29.3 Å². The highest BCUT2D eigenvalue weighted by molar-refractivity contribution is 5.29. The maximum atomic E-state index is 12.9. The molecule has 4 N–H and O–H groups in total. The summed E-state index contributed by atoms with van der Waals surface area (Å²) >= 11 is 0. The zero-order valence-corrected chi connectivity index (χ0v) is 8.45. The molecule has 0 saturated carbocycles. The number of nitrogens with one attached hydrogen (secondary N) is 1. The van der Waals surface area contributed by atoms with Crippen LogP contribution in [0, 0.1) is 11.6 Å². The highest BCUT2D eigenvalue weighted by Crippen LogP contribution is 2.21. The summed E-state index contributed by atoms with van der Waals surface area (Å²) in [4.78, 5) is 0. The van der Waals surface area contributed by atoms with Crippen molar-refractivity contribution in [2.45, 2.75) is 12.6 Å². The molecule has 0 saturated heterocycles. The van der Waals surface area contributed by atoms with Crippen LogP contribution in [-0.4, -0.2) is 34.6 Å². The van der Waals surface area contributed by atoms with Crippen molar-refractivity contribution >= 4 is 0 Å². The molecule has 0 radical (unpaired) electrons. The van der Waals surface area contributed by atoms with Gasteiger partial charge in [0.1, 0.15) is 0 Å². The minimum atomic E-state index is -1.04. The topological polar surface area (TPSA) is 72.7 Å². The molecule has 0 fully saturated rings. The molecule has 16 heavy (non-hydrogen) atoms. The standard InChI is InChI=1S/C10H13F2NO3/c11-8-1-6(2-9(12)10(8)16)3-13-7(4-14)5-15/h1-2,7,13-16H,3-5H2. The third-order valence-corrected chi connectivity index (χ3v) is 2.11. The summed E-state index contributed by atoms with van der Waals surface area (Å²) in [7, 11) is 0. The zero-order chi connectivity index (χ0) is 12.1. The Hall–Kier alpha value is -1.24. The van der Waals surface area contributed by atoms with Gasteiger partial charge in [-0.15, -0.1) is 0 Å². The van der Waals surface area contributed by atoms with E-state index in [0.717, 1.165) is 12.1 Å². The lowest BCUT2D eigenvalue weighted by Gasteiger charge is -2.13. The first kappa shape index (κ1) is 12.8. The molecule has 0 amide bonds. The van der Waals surface area contributed by atoms with E-state index in [4.69, 9.17) is 15.3 Å². The summed E-state index contributed by atoms with van der Waals surface area (Å²) in [6.07, 6.45) is 0. The number of rotatable bonds is 5. The van der Waals surface area contributed by atoms with Gasteiger partial charge in [-0.25, -0.2) is 8.78 Å². The summed E-state index contributed by atoms with van der Waals surface area (Å²) in [5.74, 6) is -3.09. The molecule has 0 aliphatic carbocycles. The van der Waals surface area contributed by atoms with Crippen LogP contribution in [-0.2, 0) is 6.54 Å². The smallest absolute Gasteiger partial charge is 0.187 e. The second kappa shape index (κ2) is 5.74. The Morgan fingerprint density at radius 3 is 2.06 bits per heavy atom. The molecule has 0 atom stereocenters. The number of aliphatic hydroxyl groups is 2. The van der Waals surface area contributed by atoms with Crippen LogP contribution in [0.1, 0.15) is 5.56 Å². The van der Waals surface area contributed by atoms with E-state index in [1.807, 2.05) is 0 Å². The Balaban J connectivity index is 2.68. The van der Waals surface area contributed by atoms with E-state index in [0.29, 0.717) is 0 Å². The van der Waals surface area contributed by atoms with Crippen molar-refractivity contribution < 1.29 is 24.1 Å². The fourth-order valence-corrected chi connectivity index (χ4v) is 1.17. The van der Waals surface area contributed by atoms with Gasteiger partial charge < -0.3 is 20.6 Å². The molecule has 4 nitrogen and oxygen atoms in total. The maximum Gasteiger partial charge on any atom is 0.187 e. The van der Waals surface area contributed by atoms with Crippen LogP contribution in [0.25, 0.3) is 0 Å². The number of hydrogen-bond acceptors (Lipinski definition) is 4. The van der Waals surface area contributed by atoms with Crippen LogP contribution in [0.15, 0.2) is 12.1 Å². The lowest BCUT2D eigenvalue weighted by atomic mass is 10.2. The van der Waals surface area contributed by atoms with E-state index in [9.17, 15) is 8.78 Å².